The molecule has 1 aliphatic rings. The zero-order chi connectivity index (χ0) is 13.7. The van der Waals surface area contributed by atoms with E-state index in [1.807, 2.05) is 0 Å². The first kappa shape index (κ1) is 14.4. The maximum atomic E-state index is 6.30. The Morgan fingerprint density at radius 1 is 1.26 bits per heavy atom. The Hall–Kier alpha value is -1.02. The van der Waals surface area contributed by atoms with E-state index in [0.717, 1.165) is 12.5 Å². The van der Waals surface area contributed by atoms with Crippen LogP contribution in [0.3, 0.4) is 0 Å². The van der Waals surface area contributed by atoms with Gasteiger partial charge in [0, 0.05) is 12.2 Å². The van der Waals surface area contributed by atoms with Gasteiger partial charge in [0.15, 0.2) is 0 Å². The molecule has 2 nitrogen and oxygen atoms in total. The van der Waals surface area contributed by atoms with Crippen molar-refractivity contribution in [3.8, 4) is 0 Å². The summed E-state index contributed by atoms with van der Waals surface area (Å²) in [5.41, 5.74) is 1.25. The summed E-state index contributed by atoms with van der Waals surface area (Å²) in [6.07, 6.45) is 5.72. The van der Waals surface area contributed by atoms with Crippen molar-refractivity contribution in [2.24, 2.45) is 5.92 Å². The van der Waals surface area contributed by atoms with Crippen molar-refractivity contribution in [3.05, 3.63) is 30.3 Å². The van der Waals surface area contributed by atoms with E-state index in [-0.39, 0.29) is 6.23 Å². The Morgan fingerprint density at radius 3 is 2.63 bits per heavy atom. The van der Waals surface area contributed by atoms with Gasteiger partial charge in [0.1, 0.15) is 6.23 Å². The largest absolute Gasteiger partial charge is 0.355 e. The van der Waals surface area contributed by atoms with Crippen LogP contribution in [-0.2, 0) is 4.74 Å². The third kappa shape index (κ3) is 3.97. The lowest BCUT2D eigenvalue weighted by Gasteiger charge is -2.35. The van der Waals surface area contributed by atoms with Crippen molar-refractivity contribution in [1.82, 2.24) is 0 Å². The number of para-hydroxylation sites is 1. The van der Waals surface area contributed by atoms with Gasteiger partial charge in [-0.25, -0.2) is 0 Å². The fraction of sp³-hybridized carbons (Fsp3) is 0.647. The average Bonchev–Trinajstić information content (AvgIpc) is 2.41. The molecular formula is C17H27NO. The Labute approximate surface area is 117 Å². The molecule has 0 bridgehead atoms. The Bertz CT molecular complexity index is 365. The highest BCUT2D eigenvalue weighted by molar-refractivity contribution is 5.46. The smallest absolute Gasteiger partial charge is 0.127 e. The van der Waals surface area contributed by atoms with Gasteiger partial charge in [0.05, 0.1) is 6.10 Å². The highest BCUT2D eigenvalue weighted by Gasteiger charge is 2.23. The summed E-state index contributed by atoms with van der Waals surface area (Å²) >= 11 is 0. The molecule has 1 aromatic carbocycles. The standard InChI is InChI=1S/C17H27NO/c1-4-18(16-10-6-5-7-11-16)15(3)19-17-12-8-9-14(2)13-17/h5-7,10-11,14-15,17H,4,8-9,12-13H2,1-3H3. The number of rotatable bonds is 5. The van der Waals surface area contributed by atoms with Gasteiger partial charge in [-0.3, -0.25) is 0 Å². The summed E-state index contributed by atoms with van der Waals surface area (Å²) in [6.45, 7) is 7.69. The Balaban J connectivity index is 1.95. The number of anilines is 1. The van der Waals surface area contributed by atoms with Crippen molar-refractivity contribution < 1.29 is 4.74 Å². The molecule has 3 unspecified atom stereocenters. The van der Waals surface area contributed by atoms with Gasteiger partial charge in [0.25, 0.3) is 0 Å². The molecule has 0 saturated heterocycles. The molecule has 0 aromatic heterocycles. The van der Waals surface area contributed by atoms with Crippen LogP contribution in [0.1, 0.15) is 46.5 Å². The zero-order valence-electron chi connectivity index (χ0n) is 12.5. The van der Waals surface area contributed by atoms with Crippen LogP contribution in [0, 0.1) is 5.92 Å². The summed E-state index contributed by atoms with van der Waals surface area (Å²) in [6, 6.07) is 10.6. The molecule has 106 valence electrons. The van der Waals surface area contributed by atoms with Crippen LogP contribution < -0.4 is 4.90 Å². The van der Waals surface area contributed by atoms with Crippen molar-refractivity contribution in [3.63, 3.8) is 0 Å². The summed E-state index contributed by atoms with van der Waals surface area (Å²) in [5.74, 6) is 0.817. The predicted molar refractivity (Wildman–Crippen MR) is 81.4 cm³/mol. The minimum Gasteiger partial charge on any atom is -0.355 e. The summed E-state index contributed by atoms with van der Waals surface area (Å²) in [4.78, 5) is 2.33. The van der Waals surface area contributed by atoms with E-state index in [0.29, 0.717) is 6.10 Å². The van der Waals surface area contributed by atoms with Crippen LogP contribution in [0.25, 0.3) is 0 Å². The SMILES string of the molecule is CCN(c1ccccc1)C(C)OC1CCCC(C)C1. The van der Waals surface area contributed by atoms with Crippen LogP contribution in [0.4, 0.5) is 5.69 Å². The lowest BCUT2D eigenvalue weighted by atomic mass is 9.89. The lowest BCUT2D eigenvalue weighted by Crippen LogP contribution is -2.38. The van der Waals surface area contributed by atoms with Crippen molar-refractivity contribution in [2.45, 2.75) is 58.8 Å². The van der Waals surface area contributed by atoms with Gasteiger partial charge in [0.2, 0.25) is 0 Å². The number of hydrogen-bond acceptors (Lipinski definition) is 2. The molecule has 19 heavy (non-hydrogen) atoms. The van der Waals surface area contributed by atoms with E-state index in [4.69, 9.17) is 4.74 Å². The molecule has 0 amide bonds. The second-order valence-electron chi connectivity index (χ2n) is 5.75. The summed E-state index contributed by atoms with van der Waals surface area (Å²) in [5, 5.41) is 0. The van der Waals surface area contributed by atoms with Crippen LogP contribution in [0.2, 0.25) is 0 Å². The third-order valence-corrected chi connectivity index (χ3v) is 4.15. The van der Waals surface area contributed by atoms with Gasteiger partial charge in [-0.1, -0.05) is 38.0 Å². The van der Waals surface area contributed by atoms with Gasteiger partial charge in [-0.05, 0) is 44.7 Å². The summed E-state index contributed by atoms with van der Waals surface area (Å²) < 4.78 is 6.30. The van der Waals surface area contributed by atoms with E-state index in [9.17, 15) is 0 Å². The molecule has 1 aliphatic carbocycles. The molecule has 0 radical (unpaired) electrons. The van der Waals surface area contributed by atoms with Crippen LogP contribution in [0.5, 0.6) is 0 Å². The highest BCUT2D eigenvalue weighted by atomic mass is 16.5. The molecule has 0 N–H and O–H groups in total. The minimum absolute atomic E-state index is 0.155. The average molecular weight is 261 g/mol. The third-order valence-electron chi connectivity index (χ3n) is 4.15. The van der Waals surface area contributed by atoms with Crippen molar-refractivity contribution in [2.75, 3.05) is 11.4 Å². The molecule has 2 rings (SSSR count). The fourth-order valence-electron chi connectivity index (χ4n) is 3.12. The molecule has 2 heteroatoms. The molecule has 0 aliphatic heterocycles. The molecule has 0 heterocycles. The topological polar surface area (TPSA) is 12.5 Å². The molecule has 1 saturated carbocycles. The van der Waals surface area contributed by atoms with Gasteiger partial charge in [-0.2, -0.15) is 0 Å². The number of ether oxygens (including phenoxy) is 1. The van der Waals surface area contributed by atoms with E-state index in [1.165, 1.54) is 31.4 Å². The monoisotopic (exact) mass is 261 g/mol. The van der Waals surface area contributed by atoms with Crippen LogP contribution in [0.15, 0.2) is 30.3 Å². The zero-order valence-corrected chi connectivity index (χ0v) is 12.5. The second kappa shape index (κ2) is 6.95. The van der Waals surface area contributed by atoms with E-state index < -0.39 is 0 Å². The van der Waals surface area contributed by atoms with E-state index in [2.05, 4.69) is 56.0 Å². The predicted octanol–water partition coefficient (Wildman–Crippen LogP) is 4.45. The Morgan fingerprint density at radius 2 is 2.00 bits per heavy atom. The molecule has 0 spiro atoms. The lowest BCUT2D eigenvalue weighted by molar-refractivity contribution is -0.0308. The Kier molecular flexibility index (Phi) is 5.26. The highest BCUT2D eigenvalue weighted by Crippen LogP contribution is 2.28. The van der Waals surface area contributed by atoms with E-state index in [1.54, 1.807) is 0 Å². The van der Waals surface area contributed by atoms with Gasteiger partial charge in [-0.15, -0.1) is 0 Å². The molecular weight excluding hydrogens is 234 g/mol. The number of benzene rings is 1. The van der Waals surface area contributed by atoms with Crippen LogP contribution in [-0.4, -0.2) is 18.9 Å². The van der Waals surface area contributed by atoms with Crippen molar-refractivity contribution >= 4 is 5.69 Å². The quantitative estimate of drug-likeness (QED) is 0.726. The summed E-state index contributed by atoms with van der Waals surface area (Å²) in [7, 11) is 0. The fourth-order valence-corrected chi connectivity index (χ4v) is 3.12. The maximum absolute atomic E-state index is 6.30. The first-order chi connectivity index (χ1) is 9.20. The molecule has 1 aromatic rings. The second-order valence-corrected chi connectivity index (χ2v) is 5.75. The minimum atomic E-state index is 0.155. The van der Waals surface area contributed by atoms with Crippen LogP contribution >= 0.6 is 0 Å². The number of nitrogens with zero attached hydrogens (tertiary/aromatic N) is 1. The van der Waals surface area contributed by atoms with Crippen molar-refractivity contribution in [1.29, 1.82) is 0 Å². The number of hydrogen-bond donors (Lipinski definition) is 0. The molecule has 1 fully saturated rings. The molecule has 3 atom stereocenters. The van der Waals surface area contributed by atoms with Gasteiger partial charge >= 0.3 is 0 Å². The first-order valence-corrected chi connectivity index (χ1v) is 7.67. The normalized spacial score (nSPS) is 25.0. The maximum Gasteiger partial charge on any atom is 0.127 e. The van der Waals surface area contributed by atoms with E-state index >= 15 is 0 Å². The van der Waals surface area contributed by atoms with Gasteiger partial charge < -0.3 is 9.64 Å². The first-order valence-electron chi connectivity index (χ1n) is 7.67.